The largest absolute Gasteiger partial charge is 0.444 e. The highest BCUT2D eigenvalue weighted by Crippen LogP contribution is 2.11. The van der Waals surface area contributed by atoms with Crippen molar-refractivity contribution < 1.29 is 14.3 Å². The van der Waals surface area contributed by atoms with Crippen LogP contribution >= 0.6 is 0 Å². The van der Waals surface area contributed by atoms with Crippen molar-refractivity contribution in [1.29, 1.82) is 0 Å². The minimum absolute atomic E-state index is 0.0811. The number of hydrogen-bond donors (Lipinski definition) is 1. The van der Waals surface area contributed by atoms with Crippen molar-refractivity contribution in [2.24, 2.45) is 0 Å². The maximum atomic E-state index is 11.9. The molecule has 0 spiro atoms. The third-order valence-electron chi connectivity index (χ3n) is 3.13. The number of amides is 3. The van der Waals surface area contributed by atoms with Gasteiger partial charge in [-0.3, -0.25) is 4.90 Å². The lowest BCUT2D eigenvalue weighted by atomic mass is 10.2. The Kier molecular flexibility index (Phi) is 6.26. The number of urea groups is 1. The smallest absolute Gasteiger partial charge is 0.410 e. The molecule has 1 aliphatic rings. The van der Waals surface area contributed by atoms with Gasteiger partial charge in [-0.2, -0.15) is 0 Å². The summed E-state index contributed by atoms with van der Waals surface area (Å²) in [5.41, 5.74) is -0.454. The predicted molar refractivity (Wildman–Crippen MR) is 81.3 cm³/mol. The van der Waals surface area contributed by atoms with E-state index in [2.05, 4.69) is 10.2 Å². The zero-order valence-corrected chi connectivity index (χ0v) is 13.8. The van der Waals surface area contributed by atoms with Crippen LogP contribution in [-0.2, 0) is 4.74 Å². The molecule has 1 aliphatic heterocycles. The van der Waals surface area contributed by atoms with Gasteiger partial charge in [0.05, 0.1) is 0 Å². The summed E-state index contributed by atoms with van der Waals surface area (Å²) in [7, 11) is 3.43. The first-order chi connectivity index (χ1) is 9.69. The van der Waals surface area contributed by atoms with Crippen LogP contribution in [-0.4, -0.2) is 85.8 Å². The Morgan fingerprint density at radius 3 is 2.19 bits per heavy atom. The van der Waals surface area contributed by atoms with Gasteiger partial charge in [0.1, 0.15) is 5.60 Å². The second-order valence-electron chi connectivity index (χ2n) is 6.44. The fraction of sp³-hybridized carbons (Fsp3) is 0.857. The van der Waals surface area contributed by atoms with Crippen molar-refractivity contribution in [3.63, 3.8) is 0 Å². The summed E-state index contributed by atoms with van der Waals surface area (Å²) >= 11 is 0. The third-order valence-corrected chi connectivity index (χ3v) is 3.13. The minimum atomic E-state index is -0.454. The Balaban J connectivity index is 2.23. The van der Waals surface area contributed by atoms with Gasteiger partial charge in [0.2, 0.25) is 0 Å². The molecule has 122 valence electrons. The van der Waals surface area contributed by atoms with E-state index in [1.165, 1.54) is 4.90 Å². The average Bonchev–Trinajstić information content (AvgIpc) is 2.37. The summed E-state index contributed by atoms with van der Waals surface area (Å²) in [5.74, 6) is 0. The van der Waals surface area contributed by atoms with Gasteiger partial charge in [0, 0.05) is 53.4 Å². The van der Waals surface area contributed by atoms with E-state index in [0.717, 1.165) is 19.6 Å². The number of ether oxygens (including phenoxy) is 1. The molecule has 0 unspecified atom stereocenters. The number of nitrogens with zero attached hydrogens (tertiary/aromatic N) is 3. The molecule has 0 radical (unpaired) electrons. The minimum Gasteiger partial charge on any atom is -0.444 e. The van der Waals surface area contributed by atoms with Crippen LogP contribution in [0.25, 0.3) is 0 Å². The van der Waals surface area contributed by atoms with Gasteiger partial charge in [-0.1, -0.05) is 0 Å². The van der Waals surface area contributed by atoms with E-state index in [4.69, 9.17) is 4.74 Å². The Labute approximate surface area is 127 Å². The number of carbonyl (C=O) groups is 2. The molecule has 21 heavy (non-hydrogen) atoms. The van der Waals surface area contributed by atoms with Gasteiger partial charge >= 0.3 is 12.1 Å². The molecule has 1 rings (SSSR count). The monoisotopic (exact) mass is 300 g/mol. The molecule has 3 amide bonds. The second kappa shape index (κ2) is 7.49. The molecule has 0 aliphatic carbocycles. The molecule has 7 heteroatoms. The zero-order chi connectivity index (χ0) is 16.0. The summed E-state index contributed by atoms with van der Waals surface area (Å²) in [6, 6.07) is -0.0811. The summed E-state index contributed by atoms with van der Waals surface area (Å²) in [6.45, 7) is 9.95. The van der Waals surface area contributed by atoms with Crippen molar-refractivity contribution in [2.45, 2.75) is 26.4 Å². The zero-order valence-electron chi connectivity index (χ0n) is 13.8. The molecule has 1 saturated heterocycles. The number of rotatable bonds is 3. The Bertz CT molecular complexity index is 358. The molecule has 0 aromatic rings. The lowest BCUT2D eigenvalue weighted by molar-refractivity contribution is 0.0147. The van der Waals surface area contributed by atoms with Gasteiger partial charge in [-0.15, -0.1) is 0 Å². The van der Waals surface area contributed by atoms with Crippen LogP contribution in [0.2, 0.25) is 0 Å². The lowest BCUT2D eigenvalue weighted by Gasteiger charge is -2.35. The van der Waals surface area contributed by atoms with Gasteiger partial charge < -0.3 is 19.9 Å². The highest BCUT2D eigenvalue weighted by Gasteiger charge is 2.25. The van der Waals surface area contributed by atoms with E-state index in [1.54, 1.807) is 19.0 Å². The Morgan fingerprint density at radius 2 is 1.71 bits per heavy atom. The molecule has 1 fully saturated rings. The predicted octanol–water partition coefficient (Wildman–Crippen LogP) is 0.810. The van der Waals surface area contributed by atoms with Crippen LogP contribution in [0, 0.1) is 0 Å². The van der Waals surface area contributed by atoms with E-state index >= 15 is 0 Å². The summed E-state index contributed by atoms with van der Waals surface area (Å²) < 4.78 is 5.36. The first-order valence-corrected chi connectivity index (χ1v) is 7.34. The number of piperazine rings is 1. The SMILES string of the molecule is CN(C)C(=O)NCCN1CCN(C(=O)OC(C)(C)C)CC1. The molecule has 1 N–H and O–H groups in total. The molecule has 0 aromatic heterocycles. The van der Waals surface area contributed by atoms with Crippen molar-refractivity contribution in [2.75, 3.05) is 53.4 Å². The first kappa shape index (κ1) is 17.6. The fourth-order valence-electron chi connectivity index (χ4n) is 1.96. The van der Waals surface area contributed by atoms with Gasteiger partial charge in [-0.05, 0) is 20.8 Å². The van der Waals surface area contributed by atoms with E-state index in [-0.39, 0.29) is 12.1 Å². The molecule has 0 aromatic carbocycles. The van der Waals surface area contributed by atoms with E-state index in [9.17, 15) is 9.59 Å². The van der Waals surface area contributed by atoms with Crippen LogP contribution in [0.1, 0.15) is 20.8 Å². The maximum Gasteiger partial charge on any atom is 0.410 e. The molecular weight excluding hydrogens is 272 g/mol. The molecule has 7 nitrogen and oxygen atoms in total. The van der Waals surface area contributed by atoms with Crippen LogP contribution in [0.4, 0.5) is 9.59 Å². The van der Waals surface area contributed by atoms with Crippen molar-refractivity contribution in [3.05, 3.63) is 0 Å². The standard InChI is InChI=1S/C14H28N4O3/c1-14(2,3)21-13(20)18-10-8-17(9-11-18)7-6-15-12(19)16(4)5/h6-11H2,1-5H3,(H,15,19). The molecule has 0 atom stereocenters. The van der Waals surface area contributed by atoms with Gasteiger partial charge in [0.25, 0.3) is 0 Å². The highest BCUT2D eigenvalue weighted by molar-refractivity contribution is 5.73. The molecule has 1 heterocycles. The highest BCUT2D eigenvalue weighted by atomic mass is 16.6. The van der Waals surface area contributed by atoms with E-state index in [1.807, 2.05) is 20.8 Å². The quantitative estimate of drug-likeness (QED) is 0.838. The summed E-state index contributed by atoms with van der Waals surface area (Å²) in [4.78, 5) is 28.8. The van der Waals surface area contributed by atoms with E-state index in [0.29, 0.717) is 19.6 Å². The number of hydrogen-bond acceptors (Lipinski definition) is 4. The Hall–Kier alpha value is -1.50. The second-order valence-corrected chi connectivity index (χ2v) is 6.44. The van der Waals surface area contributed by atoms with Crippen LogP contribution in [0.15, 0.2) is 0 Å². The van der Waals surface area contributed by atoms with Gasteiger partial charge in [-0.25, -0.2) is 9.59 Å². The van der Waals surface area contributed by atoms with Crippen LogP contribution in [0.3, 0.4) is 0 Å². The average molecular weight is 300 g/mol. The number of carbonyl (C=O) groups excluding carboxylic acids is 2. The van der Waals surface area contributed by atoms with Crippen molar-refractivity contribution in [3.8, 4) is 0 Å². The van der Waals surface area contributed by atoms with Crippen LogP contribution < -0.4 is 5.32 Å². The van der Waals surface area contributed by atoms with Gasteiger partial charge in [0.15, 0.2) is 0 Å². The summed E-state index contributed by atoms with van der Waals surface area (Å²) in [6.07, 6.45) is -0.247. The Morgan fingerprint density at radius 1 is 1.14 bits per heavy atom. The number of nitrogens with one attached hydrogen (secondary N) is 1. The lowest BCUT2D eigenvalue weighted by Crippen LogP contribution is -2.51. The van der Waals surface area contributed by atoms with Crippen molar-refractivity contribution in [1.82, 2.24) is 20.0 Å². The molecule has 0 saturated carbocycles. The molecule has 0 bridgehead atoms. The first-order valence-electron chi connectivity index (χ1n) is 7.34. The fourth-order valence-corrected chi connectivity index (χ4v) is 1.96. The third kappa shape index (κ3) is 6.66. The topological polar surface area (TPSA) is 65.1 Å². The van der Waals surface area contributed by atoms with Crippen molar-refractivity contribution >= 4 is 12.1 Å². The van der Waals surface area contributed by atoms with Crippen LogP contribution in [0.5, 0.6) is 0 Å². The normalized spacial score (nSPS) is 16.5. The summed E-state index contributed by atoms with van der Waals surface area (Å²) in [5, 5.41) is 2.83. The maximum absolute atomic E-state index is 11.9. The molecular formula is C14H28N4O3. The van der Waals surface area contributed by atoms with E-state index < -0.39 is 5.60 Å².